The summed E-state index contributed by atoms with van der Waals surface area (Å²) in [5.41, 5.74) is 1.75. The van der Waals surface area contributed by atoms with E-state index in [1.807, 2.05) is 24.3 Å². The monoisotopic (exact) mass is 246 g/mol. The van der Waals surface area contributed by atoms with Crippen LogP contribution in [-0.4, -0.2) is 11.0 Å². The van der Waals surface area contributed by atoms with Crippen molar-refractivity contribution in [3.8, 4) is 0 Å². The van der Waals surface area contributed by atoms with E-state index in [4.69, 9.17) is 4.42 Å². The molecule has 0 aliphatic heterocycles. The van der Waals surface area contributed by atoms with Gasteiger partial charge in [-0.2, -0.15) is 4.98 Å². The summed E-state index contributed by atoms with van der Waals surface area (Å²) in [5, 5.41) is 3.33. The third kappa shape index (κ3) is 3.49. The zero-order valence-corrected chi connectivity index (χ0v) is 11.4. The second-order valence-corrected chi connectivity index (χ2v) is 5.36. The van der Waals surface area contributed by atoms with E-state index < -0.39 is 0 Å². The number of aromatic nitrogens is 1. The fraction of sp³-hybridized carbons (Fsp3) is 0.533. The molecule has 18 heavy (non-hydrogen) atoms. The van der Waals surface area contributed by atoms with Crippen molar-refractivity contribution in [1.82, 2.24) is 4.98 Å². The first kappa shape index (κ1) is 12.9. The van der Waals surface area contributed by atoms with E-state index in [-0.39, 0.29) is 0 Å². The van der Waals surface area contributed by atoms with E-state index in [1.165, 1.54) is 12.8 Å². The van der Waals surface area contributed by atoms with Crippen LogP contribution in [-0.2, 0) is 0 Å². The Kier molecular flexibility index (Phi) is 4.24. The van der Waals surface area contributed by atoms with Crippen molar-refractivity contribution in [2.24, 2.45) is 5.92 Å². The molecule has 0 aliphatic rings. The fourth-order valence-corrected chi connectivity index (χ4v) is 2.05. The average molecular weight is 246 g/mol. The summed E-state index contributed by atoms with van der Waals surface area (Å²) in [6.45, 7) is 6.70. The summed E-state index contributed by atoms with van der Waals surface area (Å²) in [7, 11) is 0. The normalized spacial score (nSPS) is 13.1. The van der Waals surface area contributed by atoms with Gasteiger partial charge in [-0.1, -0.05) is 38.8 Å². The summed E-state index contributed by atoms with van der Waals surface area (Å²) in [5.74, 6) is 0.779. The molecule has 0 spiro atoms. The second-order valence-electron chi connectivity index (χ2n) is 5.36. The number of benzene rings is 1. The van der Waals surface area contributed by atoms with Gasteiger partial charge in [0.05, 0.1) is 0 Å². The molecule has 1 heterocycles. The minimum absolute atomic E-state index is 0.400. The maximum absolute atomic E-state index is 5.64. The standard InChI is InChI=1S/C15H22N2O/c1-11(2)7-6-8-12(3)16-15-17-13-9-4-5-10-14(13)18-15/h4-5,9-12H,6-8H2,1-3H3,(H,16,17). The van der Waals surface area contributed by atoms with Crippen LogP contribution in [0.1, 0.15) is 40.0 Å². The summed E-state index contributed by atoms with van der Waals surface area (Å²) in [6.07, 6.45) is 3.67. The molecule has 0 radical (unpaired) electrons. The van der Waals surface area contributed by atoms with Crippen LogP contribution in [0.4, 0.5) is 6.01 Å². The van der Waals surface area contributed by atoms with Crippen LogP contribution in [0.15, 0.2) is 28.7 Å². The Bertz CT molecular complexity index is 457. The molecule has 3 heteroatoms. The minimum Gasteiger partial charge on any atom is -0.424 e. The van der Waals surface area contributed by atoms with Gasteiger partial charge in [0.1, 0.15) is 5.52 Å². The number of hydrogen-bond donors (Lipinski definition) is 1. The van der Waals surface area contributed by atoms with Crippen molar-refractivity contribution in [3.63, 3.8) is 0 Å². The highest BCUT2D eigenvalue weighted by Crippen LogP contribution is 2.19. The molecule has 0 fully saturated rings. The van der Waals surface area contributed by atoms with Crippen LogP contribution in [0.5, 0.6) is 0 Å². The zero-order valence-electron chi connectivity index (χ0n) is 11.4. The Morgan fingerprint density at radius 2 is 1.94 bits per heavy atom. The molecule has 1 N–H and O–H groups in total. The van der Waals surface area contributed by atoms with Gasteiger partial charge in [0.2, 0.25) is 0 Å². The molecular formula is C15H22N2O. The molecule has 0 aliphatic carbocycles. The van der Waals surface area contributed by atoms with Gasteiger partial charge in [-0.05, 0) is 31.4 Å². The molecule has 1 atom stereocenters. The van der Waals surface area contributed by atoms with E-state index in [1.54, 1.807) is 0 Å². The molecule has 2 aromatic rings. The molecule has 3 nitrogen and oxygen atoms in total. The van der Waals surface area contributed by atoms with E-state index >= 15 is 0 Å². The van der Waals surface area contributed by atoms with Gasteiger partial charge < -0.3 is 9.73 Å². The number of anilines is 1. The molecule has 1 aromatic carbocycles. The first-order chi connectivity index (χ1) is 8.65. The maximum atomic E-state index is 5.64. The van der Waals surface area contributed by atoms with Gasteiger partial charge in [-0.3, -0.25) is 0 Å². The van der Waals surface area contributed by atoms with Crippen molar-refractivity contribution in [1.29, 1.82) is 0 Å². The van der Waals surface area contributed by atoms with Gasteiger partial charge in [-0.15, -0.1) is 0 Å². The minimum atomic E-state index is 0.400. The number of fused-ring (bicyclic) bond motifs is 1. The highest BCUT2D eigenvalue weighted by molar-refractivity contribution is 5.74. The van der Waals surface area contributed by atoms with Crippen LogP contribution in [0.25, 0.3) is 11.1 Å². The number of hydrogen-bond acceptors (Lipinski definition) is 3. The number of nitrogens with zero attached hydrogens (tertiary/aromatic N) is 1. The first-order valence-corrected chi connectivity index (χ1v) is 6.77. The summed E-state index contributed by atoms with van der Waals surface area (Å²) >= 11 is 0. The number of nitrogens with one attached hydrogen (secondary N) is 1. The van der Waals surface area contributed by atoms with E-state index in [0.29, 0.717) is 12.1 Å². The number of oxazole rings is 1. The van der Waals surface area contributed by atoms with E-state index in [0.717, 1.165) is 23.4 Å². The highest BCUT2D eigenvalue weighted by atomic mass is 16.4. The molecular weight excluding hydrogens is 224 g/mol. The predicted octanol–water partition coefficient (Wildman–Crippen LogP) is 4.45. The Morgan fingerprint density at radius 3 is 2.67 bits per heavy atom. The molecule has 1 unspecified atom stereocenters. The van der Waals surface area contributed by atoms with Crippen molar-refractivity contribution < 1.29 is 4.42 Å². The number of rotatable bonds is 6. The Morgan fingerprint density at radius 1 is 1.17 bits per heavy atom. The third-order valence-corrected chi connectivity index (χ3v) is 3.08. The largest absolute Gasteiger partial charge is 0.424 e. The summed E-state index contributed by atoms with van der Waals surface area (Å²) < 4.78 is 5.64. The van der Waals surface area contributed by atoms with E-state index in [2.05, 4.69) is 31.1 Å². The van der Waals surface area contributed by atoms with Crippen molar-refractivity contribution in [3.05, 3.63) is 24.3 Å². The van der Waals surface area contributed by atoms with Gasteiger partial charge >= 0.3 is 0 Å². The zero-order chi connectivity index (χ0) is 13.0. The molecule has 98 valence electrons. The second kappa shape index (κ2) is 5.89. The highest BCUT2D eigenvalue weighted by Gasteiger charge is 2.08. The van der Waals surface area contributed by atoms with Crippen molar-refractivity contribution >= 4 is 17.1 Å². The van der Waals surface area contributed by atoms with E-state index in [9.17, 15) is 0 Å². The number of para-hydroxylation sites is 2. The molecule has 0 bridgehead atoms. The van der Waals surface area contributed by atoms with Crippen molar-refractivity contribution in [2.75, 3.05) is 5.32 Å². The first-order valence-electron chi connectivity index (χ1n) is 6.77. The van der Waals surface area contributed by atoms with Crippen LogP contribution >= 0.6 is 0 Å². The average Bonchev–Trinajstić information content (AvgIpc) is 2.70. The Balaban J connectivity index is 1.88. The lowest BCUT2D eigenvalue weighted by Crippen LogP contribution is -2.15. The van der Waals surface area contributed by atoms with Gasteiger partial charge in [0.15, 0.2) is 5.58 Å². The quantitative estimate of drug-likeness (QED) is 0.818. The fourth-order valence-electron chi connectivity index (χ4n) is 2.05. The summed E-state index contributed by atoms with van der Waals surface area (Å²) in [6, 6.07) is 8.87. The van der Waals surface area contributed by atoms with Gasteiger partial charge in [0, 0.05) is 6.04 Å². The Labute approximate surface area is 109 Å². The lowest BCUT2D eigenvalue weighted by atomic mass is 10.0. The topological polar surface area (TPSA) is 38.1 Å². The lowest BCUT2D eigenvalue weighted by Gasteiger charge is -2.12. The maximum Gasteiger partial charge on any atom is 0.295 e. The van der Waals surface area contributed by atoms with Crippen LogP contribution in [0.3, 0.4) is 0 Å². The van der Waals surface area contributed by atoms with Crippen LogP contribution in [0, 0.1) is 5.92 Å². The predicted molar refractivity (Wildman–Crippen MR) is 75.8 cm³/mol. The Hall–Kier alpha value is -1.51. The SMILES string of the molecule is CC(C)CCCC(C)Nc1nc2ccccc2o1. The molecule has 1 aromatic heterocycles. The van der Waals surface area contributed by atoms with Crippen molar-refractivity contribution in [2.45, 2.75) is 46.1 Å². The third-order valence-electron chi connectivity index (χ3n) is 3.08. The van der Waals surface area contributed by atoms with Gasteiger partial charge in [0.25, 0.3) is 6.01 Å². The molecule has 0 saturated carbocycles. The molecule has 0 saturated heterocycles. The smallest absolute Gasteiger partial charge is 0.295 e. The van der Waals surface area contributed by atoms with Gasteiger partial charge in [-0.25, -0.2) is 0 Å². The molecule has 0 amide bonds. The summed E-state index contributed by atoms with van der Waals surface area (Å²) in [4.78, 5) is 4.42. The lowest BCUT2D eigenvalue weighted by molar-refractivity contribution is 0.512. The van der Waals surface area contributed by atoms with Crippen LogP contribution in [0.2, 0.25) is 0 Å². The van der Waals surface area contributed by atoms with Crippen LogP contribution < -0.4 is 5.32 Å². The molecule has 2 rings (SSSR count).